The van der Waals surface area contributed by atoms with Crippen LogP contribution < -0.4 is 0 Å². The molecule has 2 nitrogen and oxygen atoms in total. The lowest BCUT2D eigenvalue weighted by atomic mass is 9.96. The Morgan fingerprint density at radius 2 is 2.07 bits per heavy atom. The Balaban J connectivity index is 2.79. The van der Waals surface area contributed by atoms with Crippen LogP contribution in [0.4, 0.5) is 0 Å². The van der Waals surface area contributed by atoms with Crippen LogP contribution in [0.25, 0.3) is 10.9 Å². The quantitative estimate of drug-likeness (QED) is 0.744. The highest BCUT2D eigenvalue weighted by atomic mass is 35.5. The van der Waals surface area contributed by atoms with Gasteiger partial charge in [-0.3, -0.25) is 0 Å². The number of aromatic amines is 1. The largest absolute Gasteiger partial charge is 0.386 e. The van der Waals surface area contributed by atoms with Gasteiger partial charge in [0.25, 0.3) is 0 Å². The van der Waals surface area contributed by atoms with Crippen LogP contribution in [0.2, 0.25) is 5.02 Å². The molecule has 0 spiro atoms. The molecule has 0 aliphatic rings. The van der Waals surface area contributed by atoms with Crippen LogP contribution in [-0.2, 0) is 5.60 Å². The van der Waals surface area contributed by atoms with Gasteiger partial charge in [-0.25, -0.2) is 0 Å². The van der Waals surface area contributed by atoms with Crippen molar-refractivity contribution in [2.75, 3.05) is 0 Å². The Morgan fingerprint density at radius 3 is 2.71 bits per heavy atom. The van der Waals surface area contributed by atoms with E-state index < -0.39 is 5.60 Å². The first-order valence-corrected chi connectivity index (χ1v) is 4.86. The number of aliphatic hydroxyl groups is 1. The summed E-state index contributed by atoms with van der Waals surface area (Å²) in [5, 5.41) is 11.6. The number of H-pyrrole nitrogens is 1. The van der Waals surface area contributed by atoms with Gasteiger partial charge < -0.3 is 10.1 Å². The van der Waals surface area contributed by atoms with Crippen LogP contribution in [0.3, 0.4) is 0 Å². The SMILES string of the molecule is CC(C)(O)c1cccc2c(Cl)c[nH]c12. The van der Waals surface area contributed by atoms with Crippen molar-refractivity contribution in [3.8, 4) is 0 Å². The fourth-order valence-corrected chi connectivity index (χ4v) is 1.84. The highest BCUT2D eigenvalue weighted by Gasteiger charge is 2.19. The van der Waals surface area contributed by atoms with Crippen molar-refractivity contribution in [1.29, 1.82) is 0 Å². The molecule has 1 aromatic heterocycles. The minimum absolute atomic E-state index is 0.686. The molecule has 14 heavy (non-hydrogen) atoms. The van der Waals surface area contributed by atoms with Crippen molar-refractivity contribution in [3.63, 3.8) is 0 Å². The molecule has 0 bridgehead atoms. The number of hydrogen-bond acceptors (Lipinski definition) is 1. The number of fused-ring (bicyclic) bond motifs is 1. The second-order valence-electron chi connectivity index (χ2n) is 3.92. The number of halogens is 1. The van der Waals surface area contributed by atoms with Crippen LogP contribution in [0.5, 0.6) is 0 Å². The van der Waals surface area contributed by atoms with E-state index in [1.807, 2.05) is 18.2 Å². The third kappa shape index (κ3) is 1.41. The molecule has 0 saturated carbocycles. The molecule has 0 saturated heterocycles. The van der Waals surface area contributed by atoms with Gasteiger partial charge in [-0.1, -0.05) is 29.8 Å². The Hall–Kier alpha value is -0.990. The smallest absolute Gasteiger partial charge is 0.0860 e. The number of rotatable bonds is 1. The highest BCUT2D eigenvalue weighted by molar-refractivity contribution is 6.35. The summed E-state index contributed by atoms with van der Waals surface area (Å²) in [6.07, 6.45) is 1.74. The minimum Gasteiger partial charge on any atom is -0.386 e. The predicted molar refractivity (Wildman–Crippen MR) is 58.6 cm³/mol. The molecule has 1 aromatic carbocycles. The normalized spacial score (nSPS) is 12.3. The van der Waals surface area contributed by atoms with E-state index in [2.05, 4.69) is 4.98 Å². The Bertz CT molecular complexity index is 468. The molecule has 0 fully saturated rings. The van der Waals surface area contributed by atoms with E-state index in [1.165, 1.54) is 0 Å². The number of para-hydroxylation sites is 1. The molecule has 0 atom stereocenters. The summed E-state index contributed by atoms with van der Waals surface area (Å²) >= 11 is 5.98. The Kier molecular flexibility index (Phi) is 2.05. The fraction of sp³-hybridized carbons (Fsp3) is 0.273. The fourth-order valence-electron chi connectivity index (χ4n) is 1.63. The van der Waals surface area contributed by atoms with Crippen molar-refractivity contribution < 1.29 is 5.11 Å². The summed E-state index contributed by atoms with van der Waals surface area (Å²) < 4.78 is 0. The van der Waals surface area contributed by atoms with Gasteiger partial charge in [0.2, 0.25) is 0 Å². The molecular formula is C11H12ClNO. The van der Waals surface area contributed by atoms with Crippen LogP contribution in [0.1, 0.15) is 19.4 Å². The Labute approximate surface area is 87.5 Å². The van der Waals surface area contributed by atoms with Crippen molar-refractivity contribution in [1.82, 2.24) is 4.98 Å². The molecule has 0 aliphatic heterocycles. The van der Waals surface area contributed by atoms with E-state index >= 15 is 0 Å². The van der Waals surface area contributed by atoms with Gasteiger partial charge >= 0.3 is 0 Å². The first-order chi connectivity index (χ1) is 6.50. The van der Waals surface area contributed by atoms with E-state index in [4.69, 9.17) is 11.6 Å². The van der Waals surface area contributed by atoms with Crippen LogP contribution in [-0.4, -0.2) is 10.1 Å². The predicted octanol–water partition coefficient (Wildman–Crippen LogP) is 3.05. The van der Waals surface area contributed by atoms with E-state index in [-0.39, 0.29) is 0 Å². The zero-order valence-corrected chi connectivity index (χ0v) is 8.89. The third-order valence-corrected chi connectivity index (χ3v) is 2.64. The van der Waals surface area contributed by atoms with E-state index in [0.29, 0.717) is 5.02 Å². The van der Waals surface area contributed by atoms with E-state index in [0.717, 1.165) is 16.5 Å². The van der Waals surface area contributed by atoms with Gasteiger partial charge in [0.1, 0.15) is 0 Å². The van der Waals surface area contributed by atoms with Gasteiger partial charge in [0.15, 0.2) is 0 Å². The van der Waals surface area contributed by atoms with Crippen LogP contribution in [0.15, 0.2) is 24.4 Å². The summed E-state index contributed by atoms with van der Waals surface area (Å²) in [6.45, 7) is 3.52. The van der Waals surface area contributed by atoms with Crippen molar-refractivity contribution in [3.05, 3.63) is 35.0 Å². The molecular weight excluding hydrogens is 198 g/mol. The minimum atomic E-state index is -0.853. The summed E-state index contributed by atoms with van der Waals surface area (Å²) in [4.78, 5) is 3.07. The first-order valence-electron chi connectivity index (χ1n) is 4.48. The zero-order valence-electron chi connectivity index (χ0n) is 8.13. The lowest BCUT2D eigenvalue weighted by Gasteiger charge is -2.18. The summed E-state index contributed by atoms with van der Waals surface area (Å²) in [5.41, 5.74) is 0.917. The third-order valence-electron chi connectivity index (χ3n) is 2.32. The lowest BCUT2D eigenvalue weighted by Crippen LogP contribution is -2.15. The lowest BCUT2D eigenvalue weighted by molar-refractivity contribution is 0.0800. The van der Waals surface area contributed by atoms with Gasteiger partial charge in [0.05, 0.1) is 16.1 Å². The zero-order chi connectivity index (χ0) is 10.3. The maximum atomic E-state index is 9.93. The first kappa shape index (κ1) is 9.56. The molecule has 2 N–H and O–H groups in total. The number of benzene rings is 1. The number of aromatic nitrogens is 1. The second-order valence-corrected chi connectivity index (χ2v) is 4.33. The van der Waals surface area contributed by atoms with Crippen molar-refractivity contribution in [2.45, 2.75) is 19.4 Å². The van der Waals surface area contributed by atoms with Gasteiger partial charge in [-0.05, 0) is 13.8 Å². The molecule has 0 amide bonds. The maximum Gasteiger partial charge on any atom is 0.0860 e. The molecule has 3 heteroatoms. The highest BCUT2D eigenvalue weighted by Crippen LogP contribution is 2.31. The van der Waals surface area contributed by atoms with Gasteiger partial charge in [-0.2, -0.15) is 0 Å². The van der Waals surface area contributed by atoms with Crippen LogP contribution >= 0.6 is 11.6 Å². The molecule has 0 radical (unpaired) electrons. The molecule has 1 heterocycles. The van der Waals surface area contributed by atoms with Crippen LogP contribution in [0, 0.1) is 0 Å². The molecule has 74 valence electrons. The standard InChI is InChI=1S/C11H12ClNO/c1-11(2,14)8-5-3-4-7-9(12)6-13-10(7)8/h3-6,13-14H,1-2H3. The summed E-state index contributed by atoms with van der Waals surface area (Å²) in [5.74, 6) is 0. The molecule has 0 aliphatic carbocycles. The molecule has 2 rings (SSSR count). The number of hydrogen-bond donors (Lipinski definition) is 2. The van der Waals surface area contributed by atoms with Gasteiger partial charge in [0, 0.05) is 17.1 Å². The van der Waals surface area contributed by atoms with E-state index in [9.17, 15) is 5.11 Å². The molecule has 2 aromatic rings. The Morgan fingerprint density at radius 1 is 1.36 bits per heavy atom. The topological polar surface area (TPSA) is 36.0 Å². The average molecular weight is 210 g/mol. The van der Waals surface area contributed by atoms with Gasteiger partial charge in [-0.15, -0.1) is 0 Å². The van der Waals surface area contributed by atoms with Crippen molar-refractivity contribution in [2.24, 2.45) is 0 Å². The van der Waals surface area contributed by atoms with Crippen molar-refractivity contribution >= 4 is 22.5 Å². The number of nitrogens with one attached hydrogen (secondary N) is 1. The maximum absolute atomic E-state index is 9.93. The molecule has 0 unspecified atom stereocenters. The van der Waals surface area contributed by atoms with E-state index in [1.54, 1.807) is 20.0 Å². The summed E-state index contributed by atoms with van der Waals surface area (Å²) in [7, 11) is 0. The monoisotopic (exact) mass is 209 g/mol. The average Bonchev–Trinajstić information content (AvgIpc) is 2.46. The second kappa shape index (κ2) is 3.01. The summed E-state index contributed by atoms with van der Waals surface area (Å²) in [6, 6.07) is 5.73.